The number of piperidine rings is 1. The van der Waals surface area contributed by atoms with Crippen molar-refractivity contribution < 1.29 is 18.0 Å². The first-order valence-corrected chi connectivity index (χ1v) is 10.9. The van der Waals surface area contributed by atoms with Crippen molar-refractivity contribution in [1.82, 2.24) is 14.7 Å². The molecule has 2 aliphatic rings. The van der Waals surface area contributed by atoms with Gasteiger partial charge < -0.3 is 14.7 Å². The highest BCUT2D eigenvalue weighted by atomic mass is 32.2. The Morgan fingerprint density at radius 3 is 1.81 bits per heavy atom. The van der Waals surface area contributed by atoms with Crippen LogP contribution in [0.2, 0.25) is 0 Å². The van der Waals surface area contributed by atoms with E-state index < -0.39 is 9.84 Å². The van der Waals surface area contributed by atoms with Crippen LogP contribution < -0.4 is 0 Å². The van der Waals surface area contributed by atoms with E-state index in [1.165, 1.54) is 18.6 Å². The number of rotatable bonds is 2. The van der Waals surface area contributed by atoms with E-state index in [2.05, 4.69) is 0 Å². The fraction of sp³-hybridized carbons (Fsp3) is 0.556. The number of sulfone groups is 1. The van der Waals surface area contributed by atoms with Crippen LogP contribution in [0.25, 0.3) is 0 Å². The van der Waals surface area contributed by atoms with E-state index in [1.807, 2.05) is 9.80 Å². The van der Waals surface area contributed by atoms with Crippen molar-refractivity contribution >= 4 is 21.8 Å². The predicted octanol–water partition coefficient (Wildman–Crippen LogP) is 1.45. The largest absolute Gasteiger partial charge is 0.335 e. The van der Waals surface area contributed by atoms with Gasteiger partial charge in [0.2, 0.25) is 0 Å². The molecule has 1 aromatic rings. The molecule has 2 heterocycles. The quantitative estimate of drug-likeness (QED) is 0.779. The second kappa shape index (κ2) is 7.65. The van der Waals surface area contributed by atoms with Crippen molar-refractivity contribution in [3.05, 3.63) is 29.8 Å². The van der Waals surface area contributed by atoms with Crippen LogP contribution in [-0.2, 0) is 9.84 Å². The van der Waals surface area contributed by atoms with E-state index in [4.69, 9.17) is 0 Å². The van der Waals surface area contributed by atoms with Gasteiger partial charge in [-0.1, -0.05) is 0 Å². The summed E-state index contributed by atoms with van der Waals surface area (Å²) in [5.74, 6) is -0.130. The molecular weight excluding hydrogens is 354 g/mol. The van der Waals surface area contributed by atoms with Crippen molar-refractivity contribution in [2.24, 2.45) is 0 Å². The van der Waals surface area contributed by atoms with E-state index in [9.17, 15) is 18.0 Å². The fourth-order valence-corrected chi connectivity index (χ4v) is 4.04. The first kappa shape index (κ1) is 18.7. The molecule has 3 rings (SSSR count). The maximum atomic E-state index is 12.6. The van der Waals surface area contributed by atoms with Gasteiger partial charge in [-0.2, -0.15) is 0 Å². The van der Waals surface area contributed by atoms with Crippen molar-refractivity contribution in [2.75, 3.05) is 45.5 Å². The molecule has 0 bridgehead atoms. The van der Waals surface area contributed by atoms with Gasteiger partial charge in [0.05, 0.1) is 4.90 Å². The maximum absolute atomic E-state index is 12.6. The molecular formula is C18H25N3O4S. The normalized spacial score (nSPS) is 18.7. The maximum Gasteiger partial charge on any atom is 0.320 e. The van der Waals surface area contributed by atoms with Gasteiger partial charge in [0.1, 0.15) is 0 Å². The first-order chi connectivity index (χ1) is 12.4. The second-order valence-electron chi connectivity index (χ2n) is 6.91. The third-order valence-corrected chi connectivity index (χ3v) is 6.12. The zero-order valence-electron chi connectivity index (χ0n) is 15.1. The Morgan fingerprint density at radius 2 is 1.27 bits per heavy atom. The minimum atomic E-state index is -3.27. The molecule has 8 heteroatoms. The molecule has 26 heavy (non-hydrogen) atoms. The van der Waals surface area contributed by atoms with E-state index in [1.54, 1.807) is 17.0 Å². The molecule has 0 saturated carbocycles. The number of amides is 3. The zero-order valence-corrected chi connectivity index (χ0v) is 15.9. The highest BCUT2D eigenvalue weighted by molar-refractivity contribution is 7.90. The summed E-state index contributed by atoms with van der Waals surface area (Å²) in [7, 11) is -3.27. The van der Waals surface area contributed by atoms with Gasteiger partial charge in [-0.15, -0.1) is 0 Å². The minimum absolute atomic E-state index is 0.0781. The van der Waals surface area contributed by atoms with Gasteiger partial charge in [0.15, 0.2) is 9.84 Å². The highest BCUT2D eigenvalue weighted by Crippen LogP contribution is 2.16. The van der Waals surface area contributed by atoms with E-state index in [0.29, 0.717) is 31.7 Å². The number of carbonyl (C=O) groups excluding carboxylic acids is 2. The number of nitrogens with zero attached hydrogens (tertiary/aromatic N) is 3. The molecule has 0 unspecified atom stereocenters. The Hall–Kier alpha value is -2.09. The molecule has 0 aromatic heterocycles. The summed E-state index contributed by atoms with van der Waals surface area (Å²) in [6.45, 7) is 3.69. The van der Waals surface area contributed by atoms with Gasteiger partial charge in [-0.3, -0.25) is 4.79 Å². The highest BCUT2D eigenvalue weighted by Gasteiger charge is 2.28. The standard InChI is InChI=1S/C18H25N3O4S/c1-26(24,25)16-7-5-15(6-8-16)17(22)19-11-13-21(14-12-19)18(23)20-9-3-2-4-10-20/h5-8H,2-4,9-14H2,1H3. The van der Waals surface area contributed by atoms with Gasteiger partial charge >= 0.3 is 6.03 Å². The first-order valence-electron chi connectivity index (χ1n) is 8.99. The summed E-state index contributed by atoms with van der Waals surface area (Å²) < 4.78 is 23.0. The lowest BCUT2D eigenvalue weighted by molar-refractivity contribution is 0.0633. The summed E-state index contributed by atoms with van der Waals surface area (Å²) >= 11 is 0. The summed E-state index contributed by atoms with van der Waals surface area (Å²) in [5.41, 5.74) is 0.466. The zero-order chi connectivity index (χ0) is 18.7. The summed E-state index contributed by atoms with van der Waals surface area (Å²) in [5, 5.41) is 0. The van der Waals surface area contributed by atoms with Crippen LogP contribution in [0.15, 0.2) is 29.2 Å². The third kappa shape index (κ3) is 4.17. The molecule has 0 atom stereocenters. The van der Waals surface area contributed by atoms with E-state index >= 15 is 0 Å². The molecule has 0 aliphatic carbocycles. The van der Waals surface area contributed by atoms with Gasteiger partial charge in [0, 0.05) is 51.1 Å². The van der Waals surface area contributed by atoms with Crippen LogP contribution in [0.3, 0.4) is 0 Å². The van der Waals surface area contributed by atoms with Gasteiger partial charge in [0.25, 0.3) is 5.91 Å². The predicted molar refractivity (Wildman–Crippen MR) is 97.8 cm³/mol. The van der Waals surface area contributed by atoms with Crippen molar-refractivity contribution in [1.29, 1.82) is 0 Å². The Bertz CT molecular complexity index is 762. The number of piperazine rings is 1. The van der Waals surface area contributed by atoms with Crippen molar-refractivity contribution in [3.8, 4) is 0 Å². The lowest BCUT2D eigenvalue weighted by atomic mass is 10.1. The van der Waals surface area contributed by atoms with Crippen LogP contribution >= 0.6 is 0 Å². The van der Waals surface area contributed by atoms with Crippen molar-refractivity contribution in [3.63, 3.8) is 0 Å². The molecule has 0 radical (unpaired) electrons. The number of carbonyl (C=O) groups is 2. The number of likely N-dealkylation sites (tertiary alicyclic amines) is 1. The lowest BCUT2D eigenvalue weighted by Crippen LogP contribution is -2.54. The van der Waals surface area contributed by atoms with Crippen LogP contribution in [0, 0.1) is 0 Å². The smallest absolute Gasteiger partial charge is 0.320 e. The SMILES string of the molecule is CS(=O)(=O)c1ccc(C(=O)N2CCN(C(=O)N3CCCCC3)CC2)cc1. The Morgan fingerprint density at radius 1 is 0.769 bits per heavy atom. The number of urea groups is 1. The average molecular weight is 379 g/mol. The Kier molecular flexibility index (Phi) is 5.50. The van der Waals surface area contributed by atoms with Gasteiger partial charge in [-0.25, -0.2) is 13.2 Å². The topological polar surface area (TPSA) is 78.0 Å². The molecule has 1 aromatic carbocycles. The molecule has 142 valence electrons. The molecule has 2 saturated heterocycles. The van der Waals surface area contributed by atoms with Crippen LogP contribution in [0.5, 0.6) is 0 Å². The fourth-order valence-electron chi connectivity index (χ4n) is 3.41. The Balaban J connectivity index is 1.57. The second-order valence-corrected chi connectivity index (χ2v) is 8.92. The van der Waals surface area contributed by atoms with E-state index in [0.717, 1.165) is 32.2 Å². The summed E-state index contributed by atoms with van der Waals surface area (Å²) in [4.78, 5) is 30.8. The number of hydrogen-bond acceptors (Lipinski definition) is 4. The third-order valence-electron chi connectivity index (χ3n) is 4.99. The van der Waals surface area contributed by atoms with Crippen molar-refractivity contribution in [2.45, 2.75) is 24.2 Å². The van der Waals surface area contributed by atoms with Crippen LogP contribution in [0.4, 0.5) is 4.79 Å². The summed E-state index contributed by atoms with van der Waals surface area (Å²) in [6.07, 6.45) is 4.45. The Labute approximate surface area is 154 Å². The van der Waals surface area contributed by atoms with Crippen LogP contribution in [-0.4, -0.2) is 80.6 Å². The molecule has 0 N–H and O–H groups in total. The lowest BCUT2D eigenvalue weighted by Gasteiger charge is -2.38. The monoisotopic (exact) mass is 379 g/mol. The van der Waals surface area contributed by atoms with Gasteiger partial charge in [-0.05, 0) is 43.5 Å². The number of benzene rings is 1. The summed E-state index contributed by atoms with van der Waals surface area (Å²) in [6, 6.07) is 6.08. The average Bonchev–Trinajstić information content (AvgIpc) is 2.67. The molecule has 2 fully saturated rings. The molecule has 2 aliphatic heterocycles. The molecule has 7 nitrogen and oxygen atoms in total. The molecule has 3 amide bonds. The molecule has 0 spiro atoms. The van der Waals surface area contributed by atoms with Crippen LogP contribution in [0.1, 0.15) is 29.6 Å². The number of hydrogen-bond donors (Lipinski definition) is 0. The van der Waals surface area contributed by atoms with E-state index in [-0.39, 0.29) is 16.8 Å². The minimum Gasteiger partial charge on any atom is -0.335 e.